The van der Waals surface area contributed by atoms with Gasteiger partial charge in [0, 0.05) is 38.9 Å². The SMILES string of the molecule is CC(C)(C)c1ccc2c(c1)c1cccc3c1n2B1c2ccc(Oc4ccccc4)cc2Oc2cccc-3c21. The number of nitrogens with zero attached hydrogens (tertiary/aromatic N) is 1. The number of hydrogen-bond donors (Lipinski definition) is 0. The van der Waals surface area contributed by atoms with Crippen LogP contribution >= 0.6 is 0 Å². The molecule has 0 N–H and O–H groups in total. The van der Waals surface area contributed by atoms with Crippen molar-refractivity contribution in [2.45, 2.75) is 26.2 Å². The van der Waals surface area contributed by atoms with Crippen LogP contribution < -0.4 is 20.4 Å². The van der Waals surface area contributed by atoms with Crippen LogP contribution in [0.3, 0.4) is 0 Å². The second kappa shape index (κ2) is 7.55. The quantitative estimate of drug-likeness (QED) is 0.232. The Morgan fingerprint density at radius 2 is 1.50 bits per heavy atom. The highest BCUT2D eigenvalue weighted by Gasteiger charge is 2.41. The summed E-state index contributed by atoms with van der Waals surface area (Å²) in [6.45, 7) is 6.86. The molecule has 182 valence electrons. The van der Waals surface area contributed by atoms with Gasteiger partial charge in [-0.2, -0.15) is 0 Å². The summed E-state index contributed by atoms with van der Waals surface area (Å²) in [5.41, 5.74) is 8.87. The molecule has 0 saturated heterocycles. The van der Waals surface area contributed by atoms with Gasteiger partial charge in [0.2, 0.25) is 0 Å². The first-order chi connectivity index (χ1) is 18.5. The molecule has 0 fully saturated rings. The summed E-state index contributed by atoms with van der Waals surface area (Å²) < 4.78 is 15.3. The summed E-state index contributed by atoms with van der Waals surface area (Å²) in [5, 5.41) is 2.61. The van der Waals surface area contributed by atoms with E-state index in [0.29, 0.717) is 0 Å². The zero-order chi connectivity index (χ0) is 25.6. The number of hydrogen-bond acceptors (Lipinski definition) is 2. The predicted molar refractivity (Wildman–Crippen MR) is 157 cm³/mol. The molecule has 0 bridgehead atoms. The molecule has 1 aromatic heterocycles. The third kappa shape index (κ3) is 2.97. The van der Waals surface area contributed by atoms with Crippen molar-refractivity contribution in [1.82, 2.24) is 4.48 Å². The Kier molecular flexibility index (Phi) is 4.30. The molecule has 0 aliphatic carbocycles. The Labute approximate surface area is 222 Å². The number of fused-ring (bicyclic) bond motifs is 7. The summed E-state index contributed by atoms with van der Waals surface area (Å²) in [7, 11) is 0. The maximum atomic E-state index is 6.57. The van der Waals surface area contributed by atoms with Crippen LogP contribution in [0, 0.1) is 0 Å². The largest absolute Gasteiger partial charge is 0.458 e. The van der Waals surface area contributed by atoms with Gasteiger partial charge in [-0.25, -0.2) is 0 Å². The van der Waals surface area contributed by atoms with Gasteiger partial charge in [-0.05, 0) is 58.4 Å². The smallest absolute Gasteiger partial charge is 0.336 e. The van der Waals surface area contributed by atoms with Gasteiger partial charge in [0.25, 0.3) is 0 Å². The molecule has 5 aromatic carbocycles. The van der Waals surface area contributed by atoms with Gasteiger partial charge in [-0.1, -0.05) is 81.4 Å². The van der Waals surface area contributed by atoms with Crippen molar-refractivity contribution in [3.63, 3.8) is 0 Å². The van der Waals surface area contributed by atoms with Gasteiger partial charge in [-0.3, -0.25) is 0 Å². The number of rotatable bonds is 2. The molecule has 0 amide bonds. The Balaban J connectivity index is 1.40. The van der Waals surface area contributed by atoms with Gasteiger partial charge in [0.05, 0.1) is 0 Å². The lowest BCUT2D eigenvalue weighted by molar-refractivity contribution is 0.462. The standard InChI is InChI=1S/C34H26BNO2/c1-34(2,3)21-15-18-29-27(19-21)26-13-7-12-25-24-11-8-14-30-32(24)35(36(29)33(25)26)28-17-16-23(20-31(28)38-30)37-22-9-5-4-6-10-22/h4-20H,1-3H3. The number of aromatic nitrogens is 1. The summed E-state index contributed by atoms with van der Waals surface area (Å²) in [4.78, 5) is 0. The summed E-state index contributed by atoms with van der Waals surface area (Å²) >= 11 is 0. The highest BCUT2D eigenvalue weighted by Crippen LogP contribution is 2.43. The summed E-state index contributed by atoms with van der Waals surface area (Å²) in [6.07, 6.45) is 0. The van der Waals surface area contributed by atoms with Gasteiger partial charge in [-0.15, -0.1) is 0 Å². The second-order valence-electron chi connectivity index (χ2n) is 11.4. The molecule has 38 heavy (non-hydrogen) atoms. The minimum Gasteiger partial charge on any atom is -0.458 e. The molecular weight excluding hydrogens is 465 g/mol. The van der Waals surface area contributed by atoms with Gasteiger partial charge >= 0.3 is 6.85 Å². The van der Waals surface area contributed by atoms with E-state index < -0.39 is 0 Å². The third-order valence-corrected chi connectivity index (χ3v) is 8.06. The van der Waals surface area contributed by atoms with E-state index in [-0.39, 0.29) is 12.3 Å². The molecule has 8 rings (SSSR count). The van der Waals surface area contributed by atoms with Crippen molar-refractivity contribution >= 4 is 39.6 Å². The predicted octanol–water partition coefficient (Wildman–Crippen LogP) is 7.62. The Hall–Kier alpha value is -4.44. The highest BCUT2D eigenvalue weighted by molar-refractivity contribution is 6.88. The van der Waals surface area contributed by atoms with Crippen LogP contribution in [-0.4, -0.2) is 11.3 Å². The second-order valence-corrected chi connectivity index (χ2v) is 11.4. The van der Waals surface area contributed by atoms with Crippen LogP contribution in [0.2, 0.25) is 0 Å². The highest BCUT2D eigenvalue weighted by atomic mass is 16.5. The first kappa shape index (κ1) is 21.6. The first-order valence-corrected chi connectivity index (χ1v) is 13.2. The minimum absolute atomic E-state index is 0.0195. The number of benzene rings is 5. The Morgan fingerprint density at radius 3 is 2.34 bits per heavy atom. The fraction of sp³-hybridized carbons (Fsp3) is 0.118. The van der Waals surface area contributed by atoms with E-state index in [4.69, 9.17) is 9.47 Å². The lowest BCUT2D eigenvalue weighted by Gasteiger charge is -2.33. The molecule has 3 nitrogen and oxygen atoms in total. The molecule has 0 spiro atoms. The first-order valence-electron chi connectivity index (χ1n) is 13.2. The lowest BCUT2D eigenvalue weighted by atomic mass is 9.46. The van der Waals surface area contributed by atoms with E-state index >= 15 is 0 Å². The van der Waals surface area contributed by atoms with E-state index in [1.165, 1.54) is 44.0 Å². The molecular formula is C34H26BNO2. The van der Waals surface area contributed by atoms with Crippen molar-refractivity contribution in [2.75, 3.05) is 0 Å². The molecule has 2 aliphatic heterocycles. The molecule has 2 aliphatic rings. The van der Waals surface area contributed by atoms with Crippen molar-refractivity contribution in [3.8, 4) is 34.1 Å². The average molecular weight is 491 g/mol. The maximum Gasteiger partial charge on any atom is 0.336 e. The minimum atomic E-state index is 0.0195. The van der Waals surface area contributed by atoms with Crippen LogP contribution in [0.25, 0.3) is 32.9 Å². The van der Waals surface area contributed by atoms with Gasteiger partial charge in [0.1, 0.15) is 23.0 Å². The Morgan fingerprint density at radius 1 is 0.684 bits per heavy atom. The van der Waals surface area contributed by atoms with Crippen molar-refractivity contribution in [2.24, 2.45) is 0 Å². The number of ether oxygens (including phenoxy) is 2. The van der Waals surface area contributed by atoms with E-state index in [1.807, 2.05) is 36.4 Å². The number of para-hydroxylation sites is 2. The fourth-order valence-corrected chi connectivity index (χ4v) is 6.26. The van der Waals surface area contributed by atoms with Crippen LogP contribution in [0.5, 0.6) is 23.0 Å². The van der Waals surface area contributed by atoms with Gasteiger partial charge in [0.15, 0.2) is 0 Å². The van der Waals surface area contributed by atoms with Crippen LogP contribution in [0.1, 0.15) is 26.3 Å². The molecule has 0 unspecified atom stereocenters. The molecule has 0 saturated carbocycles. The van der Waals surface area contributed by atoms with Gasteiger partial charge < -0.3 is 14.0 Å². The topological polar surface area (TPSA) is 23.4 Å². The van der Waals surface area contributed by atoms with Crippen LogP contribution in [0.15, 0.2) is 103 Å². The van der Waals surface area contributed by atoms with Crippen molar-refractivity contribution in [1.29, 1.82) is 0 Å². The molecule has 0 atom stereocenters. The molecule has 3 heterocycles. The van der Waals surface area contributed by atoms with Crippen molar-refractivity contribution < 1.29 is 9.47 Å². The lowest BCUT2D eigenvalue weighted by Crippen LogP contribution is -2.54. The molecule has 6 aromatic rings. The third-order valence-electron chi connectivity index (χ3n) is 8.06. The van der Waals surface area contributed by atoms with E-state index in [0.717, 1.165) is 28.5 Å². The molecule has 4 heteroatoms. The van der Waals surface area contributed by atoms with Crippen molar-refractivity contribution in [3.05, 3.63) is 109 Å². The average Bonchev–Trinajstić information content (AvgIpc) is 3.25. The van der Waals surface area contributed by atoms with Crippen LogP contribution in [0.4, 0.5) is 0 Å². The normalized spacial score (nSPS) is 13.3. The zero-order valence-corrected chi connectivity index (χ0v) is 21.7. The maximum absolute atomic E-state index is 6.57. The monoisotopic (exact) mass is 491 g/mol. The summed E-state index contributed by atoms with van der Waals surface area (Å²) in [5.74, 6) is 3.33. The fourth-order valence-electron chi connectivity index (χ4n) is 6.26. The zero-order valence-electron chi connectivity index (χ0n) is 21.7. The van der Waals surface area contributed by atoms with E-state index in [2.05, 4.69) is 92.0 Å². The van der Waals surface area contributed by atoms with Crippen LogP contribution in [-0.2, 0) is 5.41 Å². The van der Waals surface area contributed by atoms with E-state index in [9.17, 15) is 0 Å². The Bertz CT molecular complexity index is 1910. The van der Waals surface area contributed by atoms with E-state index in [1.54, 1.807) is 0 Å². The summed E-state index contributed by atoms with van der Waals surface area (Å²) in [6, 6.07) is 36.3. The molecule has 0 radical (unpaired) electrons.